The van der Waals surface area contributed by atoms with E-state index in [1.165, 1.54) is 108 Å². The number of para-hydroxylation sites is 2. The highest BCUT2D eigenvalue weighted by Crippen LogP contribution is 2.45. The maximum atomic E-state index is 2.54. The molecule has 0 radical (unpaired) electrons. The maximum Gasteiger partial charge on any atom is 0.123 e. The van der Waals surface area contributed by atoms with Crippen LogP contribution in [0.3, 0.4) is 0 Å². The summed E-state index contributed by atoms with van der Waals surface area (Å²) in [5.74, 6) is 0. The summed E-state index contributed by atoms with van der Waals surface area (Å²) in [7, 11) is -1.84. The first kappa shape index (κ1) is 31.3. The molecule has 0 aliphatic carbocycles. The van der Waals surface area contributed by atoms with Crippen LogP contribution in [0.2, 0.25) is 12.1 Å². The fourth-order valence-corrected chi connectivity index (χ4v) is 15.3. The van der Waals surface area contributed by atoms with E-state index in [0.717, 1.165) is 0 Å². The molecular formula is C52H39NSi. The van der Waals surface area contributed by atoms with Gasteiger partial charge in [0.05, 0.1) is 0 Å². The molecule has 1 fully saturated rings. The molecule has 9 aromatic carbocycles. The van der Waals surface area contributed by atoms with Gasteiger partial charge in [-0.05, 0) is 137 Å². The Bertz CT molecular complexity index is 2890. The molecule has 54 heavy (non-hydrogen) atoms. The van der Waals surface area contributed by atoms with Crippen LogP contribution in [-0.4, -0.2) is 8.07 Å². The van der Waals surface area contributed by atoms with Crippen molar-refractivity contribution in [2.75, 3.05) is 4.90 Å². The van der Waals surface area contributed by atoms with Crippen molar-refractivity contribution in [3.8, 4) is 33.4 Å². The normalized spacial score (nSPS) is 14.5. The second-order valence-corrected chi connectivity index (χ2v) is 19.5. The third-order valence-electron chi connectivity index (χ3n) is 12.3. The highest BCUT2D eigenvalue weighted by atomic mass is 28.3. The van der Waals surface area contributed by atoms with Gasteiger partial charge in [0.25, 0.3) is 0 Å². The number of fused-ring (bicyclic) bond motifs is 8. The monoisotopic (exact) mass is 705 g/mol. The average molecular weight is 706 g/mol. The summed E-state index contributed by atoms with van der Waals surface area (Å²) in [6, 6.07) is 73.3. The minimum absolute atomic E-state index is 1.23. The van der Waals surface area contributed by atoms with Gasteiger partial charge in [-0.1, -0.05) is 152 Å². The Balaban J connectivity index is 1.02. The summed E-state index contributed by atoms with van der Waals surface area (Å²) in [5.41, 5.74) is 11.5. The van der Waals surface area contributed by atoms with Crippen LogP contribution in [0, 0.1) is 0 Å². The minimum Gasteiger partial charge on any atom is -0.311 e. The van der Waals surface area contributed by atoms with Gasteiger partial charge in [-0.3, -0.25) is 0 Å². The number of nitrogens with zero attached hydrogens (tertiary/aromatic N) is 1. The van der Waals surface area contributed by atoms with Crippen molar-refractivity contribution in [3.63, 3.8) is 0 Å². The van der Waals surface area contributed by atoms with Crippen LogP contribution in [0.4, 0.5) is 17.1 Å². The van der Waals surface area contributed by atoms with Gasteiger partial charge in [0.1, 0.15) is 8.07 Å². The Kier molecular flexibility index (Phi) is 7.21. The number of hydrogen-bond acceptors (Lipinski definition) is 1. The van der Waals surface area contributed by atoms with Gasteiger partial charge in [0.2, 0.25) is 0 Å². The molecule has 2 heterocycles. The van der Waals surface area contributed by atoms with Crippen LogP contribution in [-0.2, 0) is 0 Å². The van der Waals surface area contributed by atoms with Gasteiger partial charge in [-0.25, -0.2) is 0 Å². The Hall–Kier alpha value is -6.22. The first-order valence-corrected chi connectivity index (χ1v) is 21.8. The Morgan fingerprint density at radius 3 is 1.61 bits per heavy atom. The zero-order valence-electron chi connectivity index (χ0n) is 30.2. The second kappa shape index (κ2) is 12.4. The van der Waals surface area contributed by atoms with E-state index in [0.29, 0.717) is 0 Å². The van der Waals surface area contributed by atoms with Crippen molar-refractivity contribution in [1.29, 1.82) is 0 Å². The molecule has 9 aromatic rings. The van der Waals surface area contributed by atoms with E-state index in [9.17, 15) is 0 Å². The van der Waals surface area contributed by atoms with Crippen molar-refractivity contribution in [2.24, 2.45) is 0 Å². The SMILES string of the molecule is c1ccc(-c2cc3ccccc3cc2-c2ccc3c(ccc4cc(-c5ccc6c(c5)N(c5ccccc5)c5ccccc5[Si]65CCCC5)ccc43)c2)cc1. The van der Waals surface area contributed by atoms with Crippen LogP contribution in [0.1, 0.15) is 12.8 Å². The van der Waals surface area contributed by atoms with Crippen molar-refractivity contribution < 1.29 is 0 Å². The molecule has 256 valence electrons. The zero-order valence-corrected chi connectivity index (χ0v) is 31.2. The molecule has 0 atom stereocenters. The molecule has 11 rings (SSSR count). The van der Waals surface area contributed by atoms with Crippen molar-refractivity contribution in [1.82, 2.24) is 0 Å². The molecule has 1 spiro atoms. The standard InChI is InChI=1S/C52H39NSi/c1-3-13-36(14-4-1)47-33-37-15-7-8-16-38(37)34-48(47)43-24-27-46-42(32-43)22-21-41-31-39(23-26-45(41)46)40-25-28-52-50(35-40)53(44-17-5-2-6-18-44)49-19-9-10-20-51(49)54(52)29-11-12-30-54/h1-10,13-28,31-35H,11-12,29-30H2. The van der Waals surface area contributed by atoms with Gasteiger partial charge >= 0.3 is 0 Å². The smallest absolute Gasteiger partial charge is 0.123 e. The molecular weight excluding hydrogens is 667 g/mol. The van der Waals surface area contributed by atoms with Crippen LogP contribution in [0.5, 0.6) is 0 Å². The fraction of sp³-hybridized carbons (Fsp3) is 0.0769. The Morgan fingerprint density at radius 1 is 0.352 bits per heavy atom. The van der Waals surface area contributed by atoms with Crippen molar-refractivity contribution >= 4 is 67.8 Å². The third-order valence-corrected chi connectivity index (χ3v) is 17.7. The van der Waals surface area contributed by atoms with Crippen molar-refractivity contribution in [3.05, 3.63) is 188 Å². The largest absolute Gasteiger partial charge is 0.311 e. The summed E-state index contributed by atoms with van der Waals surface area (Å²) in [4.78, 5) is 2.54. The van der Waals surface area contributed by atoms with Gasteiger partial charge < -0.3 is 4.90 Å². The molecule has 0 amide bonds. The van der Waals surface area contributed by atoms with Gasteiger partial charge in [-0.15, -0.1) is 0 Å². The first-order chi connectivity index (χ1) is 26.7. The lowest BCUT2D eigenvalue weighted by Gasteiger charge is -2.43. The summed E-state index contributed by atoms with van der Waals surface area (Å²) in [6.45, 7) is 0. The number of hydrogen-bond donors (Lipinski definition) is 0. The summed E-state index contributed by atoms with van der Waals surface area (Å²) < 4.78 is 0. The fourth-order valence-electron chi connectivity index (χ4n) is 9.78. The predicted octanol–water partition coefficient (Wildman–Crippen LogP) is 13.3. The van der Waals surface area contributed by atoms with E-state index < -0.39 is 8.07 Å². The second-order valence-electron chi connectivity index (χ2n) is 15.3. The molecule has 0 bridgehead atoms. The van der Waals surface area contributed by atoms with Gasteiger partial charge in [-0.2, -0.15) is 0 Å². The van der Waals surface area contributed by atoms with Crippen LogP contribution >= 0.6 is 0 Å². The van der Waals surface area contributed by atoms with Crippen LogP contribution < -0.4 is 15.3 Å². The highest BCUT2D eigenvalue weighted by Gasteiger charge is 2.47. The lowest BCUT2D eigenvalue weighted by molar-refractivity contribution is 0.935. The molecule has 0 saturated carbocycles. The van der Waals surface area contributed by atoms with E-state index in [4.69, 9.17) is 0 Å². The number of rotatable bonds is 4. The molecule has 2 heteroatoms. The van der Waals surface area contributed by atoms with Gasteiger partial charge in [0.15, 0.2) is 0 Å². The van der Waals surface area contributed by atoms with Crippen molar-refractivity contribution in [2.45, 2.75) is 24.9 Å². The lowest BCUT2D eigenvalue weighted by Crippen LogP contribution is -2.60. The molecule has 0 unspecified atom stereocenters. The molecule has 0 N–H and O–H groups in total. The van der Waals surface area contributed by atoms with Crippen LogP contribution in [0.15, 0.2) is 188 Å². The third kappa shape index (κ3) is 4.91. The van der Waals surface area contributed by atoms with E-state index in [-0.39, 0.29) is 0 Å². The molecule has 2 aliphatic rings. The van der Waals surface area contributed by atoms with Gasteiger partial charge in [0, 0.05) is 17.1 Å². The topological polar surface area (TPSA) is 3.24 Å². The van der Waals surface area contributed by atoms with E-state index in [2.05, 4.69) is 193 Å². The molecule has 1 nitrogen and oxygen atoms in total. The first-order valence-electron chi connectivity index (χ1n) is 19.4. The van der Waals surface area contributed by atoms with E-state index in [1.807, 2.05) is 0 Å². The molecule has 2 aliphatic heterocycles. The zero-order chi connectivity index (χ0) is 35.6. The quantitative estimate of drug-likeness (QED) is 0.130. The Labute approximate surface area is 317 Å². The molecule has 1 saturated heterocycles. The van der Waals surface area contributed by atoms with Crippen LogP contribution in [0.25, 0.3) is 65.7 Å². The average Bonchev–Trinajstić information content (AvgIpc) is 3.74. The predicted molar refractivity (Wildman–Crippen MR) is 234 cm³/mol. The summed E-state index contributed by atoms with van der Waals surface area (Å²) in [6.07, 6.45) is 2.67. The summed E-state index contributed by atoms with van der Waals surface area (Å²) in [5, 5.41) is 10.9. The Morgan fingerprint density at radius 2 is 0.889 bits per heavy atom. The number of anilines is 3. The number of benzene rings is 9. The van der Waals surface area contributed by atoms with E-state index in [1.54, 1.807) is 10.4 Å². The summed E-state index contributed by atoms with van der Waals surface area (Å²) >= 11 is 0. The molecule has 0 aromatic heterocycles. The lowest BCUT2D eigenvalue weighted by atomic mass is 9.90. The van der Waals surface area contributed by atoms with E-state index >= 15 is 0 Å². The minimum atomic E-state index is -1.84. The maximum absolute atomic E-state index is 2.54. The highest BCUT2D eigenvalue weighted by molar-refractivity contribution is 7.05.